The van der Waals surface area contributed by atoms with Crippen LogP contribution in [0.15, 0.2) is 24.3 Å². The molecule has 0 heterocycles. The standard InChI is InChI=1S/C14H17F3N2O3/c1-18(9-14(15,16)17)13(22)19(2)11-5-3-4-10(8-11)6-7-12(20)21/h3-5,8H,6-7,9H2,1-2H3,(H,20,21). The monoisotopic (exact) mass is 318 g/mol. The van der Waals surface area contributed by atoms with Gasteiger partial charge in [0, 0.05) is 26.2 Å². The lowest BCUT2D eigenvalue weighted by molar-refractivity contribution is -0.138. The Morgan fingerprint density at radius 1 is 1.23 bits per heavy atom. The minimum Gasteiger partial charge on any atom is -0.481 e. The van der Waals surface area contributed by atoms with Crippen LogP contribution in [0.4, 0.5) is 23.7 Å². The Hall–Kier alpha value is -2.25. The highest BCUT2D eigenvalue weighted by Crippen LogP contribution is 2.20. The summed E-state index contributed by atoms with van der Waals surface area (Å²) in [7, 11) is 2.44. The average Bonchev–Trinajstić information content (AvgIpc) is 2.42. The van der Waals surface area contributed by atoms with Gasteiger partial charge in [-0.3, -0.25) is 9.69 Å². The first-order valence-corrected chi connectivity index (χ1v) is 6.46. The van der Waals surface area contributed by atoms with Crippen molar-refractivity contribution < 1.29 is 27.9 Å². The molecule has 1 N–H and O–H groups in total. The van der Waals surface area contributed by atoms with E-state index in [1.54, 1.807) is 24.3 Å². The zero-order chi connectivity index (χ0) is 16.9. The number of carboxylic acid groups (broad SMARTS) is 1. The van der Waals surface area contributed by atoms with E-state index < -0.39 is 24.7 Å². The van der Waals surface area contributed by atoms with Crippen molar-refractivity contribution in [1.29, 1.82) is 0 Å². The molecule has 5 nitrogen and oxygen atoms in total. The summed E-state index contributed by atoms with van der Waals surface area (Å²) >= 11 is 0. The molecule has 22 heavy (non-hydrogen) atoms. The summed E-state index contributed by atoms with van der Waals surface area (Å²) in [5.74, 6) is -0.945. The summed E-state index contributed by atoms with van der Waals surface area (Å²) < 4.78 is 36.9. The fourth-order valence-electron chi connectivity index (χ4n) is 1.87. The number of aryl methyl sites for hydroxylation is 1. The van der Waals surface area contributed by atoms with Crippen molar-refractivity contribution in [3.63, 3.8) is 0 Å². The minimum absolute atomic E-state index is 0.0604. The quantitative estimate of drug-likeness (QED) is 0.908. The Morgan fingerprint density at radius 3 is 2.41 bits per heavy atom. The van der Waals surface area contributed by atoms with Gasteiger partial charge in [0.2, 0.25) is 0 Å². The molecule has 0 aliphatic heterocycles. The number of carbonyl (C=O) groups excluding carboxylic acids is 1. The van der Waals surface area contributed by atoms with E-state index >= 15 is 0 Å². The molecule has 122 valence electrons. The van der Waals surface area contributed by atoms with Gasteiger partial charge in [-0.15, -0.1) is 0 Å². The van der Waals surface area contributed by atoms with E-state index in [2.05, 4.69) is 0 Å². The molecule has 0 radical (unpaired) electrons. The summed E-state index contributed by atoms with van der Waals surface area (Å²) in [5.41, 5.74) is 1.10. The molecule has 0 aromatic heterocycles. The number of rotatable bonds is 5. The number of carbonyl (C=O) groups is 2. The molecule has 0 bridgehead atoms. The molecule has 2 amide bonds. The van der Waals surface area contributed by atoms with Crippen LogP contribution in [0, 0.1) is 0 Å². The number of alkyl halides is 3. The van der Waals surface area contributed by atoms with Gasteiger partial charge in [0.25, 0.3) is 0 Å². The molecule has 0 aliphatic rings. The number of anilines is 1. The van der Waals surface area contributed by atoms with Gasteiger partial charge in [-0.1, -0.05) is 12.1 Å². The molecule has 0 saturated carbocycles. The van der Waals surface area contributed by atoms with Crippen molar-refractivity contribution in [3.8, 4) is 0 Å². The number of carboxylic acids is 1. The van der Waals surface area contributed by atoms with Crippen LogP contribution < -0.4 is 4.90 Å². The second-order valence-electron chi connectivity index (χ2n) is 4.88. The maximum absolute atomic E-state index is 12.3. The van der Waals surface area contributed by atoms with Crippen LogP contribution in [0.3, 0.4) is 0 Å². The van der Waals surface area contributed by atoms with Gasteiger partial charge < -0.3 is 10.0 Å². The summed E-state index contributed by atoms with van der Waals surface area (Å²) in [6.45, 7) is -1.34. The van der Waals surface area contributed by atoms with Gasteiger partial charge in [-0.2, -0.15) is 13.2 Å². The number of urea groups is 1. The van der Waals surface area contributed by atoms with Crippen molar-refractivity contribution in [2.24, 2.45) is 0 Å². The van der Waals surface area contributed by atoms with Crippen LogP contribution in [0.5, 0.6) is 0 Å². The summed E-state index contributed by atoms with van der Waals surface area (Å²) in [4.78, 5) is 24.2. The van der Waals surface area contributed by atoms with Gasteiger partial charge in [0.15, 0.2) is 0 Å². The van der Waals surface area contributed by atoms with Crippen LogP contribution in [0.2, 0.25) is 0 Å². The van der Waals surface area contributed by atoms with Crippen molar-refractivity contribution in [2.45, 2.75) is 19.0 Å². The van der Waals surface area contributed by atoms with Crippen molar-refractivity contribution in [2.75, 3.05) is 25.5 Å². The van der Waals surface area contributed by atoms with Gasteiger partial charge in [-0.25, -0.2) is 4.79 Å². The van der Waals surface area contributed by atoms with E-state index in [9.17, 15) is 22.8 Å². The lowest BCUT2D eigenvalue weighted by Crippen LogP contribution is -2.43. The number of aliphatic carboxylic acids is 1. The third-order valence-electron chi connectivity index (χ3n) is 2.96. The fourth-order valence-corrected chi connectivity index (χ4v) is 1.87. The number of hydrogen-bond donors (Lipinski definition) is 1. The SMILES string of the molecule is CN(CC(F)(F)F)C(=O)N(C)c1cccc(CCC(=O)O)c1. The zero-order valence-corrected chi connectivity index (χ0v) is 12.2. The summed E-state index contributed by atoms with van der Waals surface area (Å²) in [6, 6.07) is 5.68. The summed E-state index contributed by atoms with van der Waals surface area (Å²) in [5, 5.41) is 8.64. The Balaban J connectivity index is 2.79. The predicted molar refractivity (Wildman–Crippen MR) is 74.9 cm³/mol. The number of nitrogens with zero attached hydrogens (tertiary/aromatic N) is 2. The molecular formula is C14H17F3N2O3. The van der Waals surface area contributed by atoms with E-state index in [0.717, 1.165) is 11.9 Å². The average molecular weight is 318 g/mol. The second kappa shape index (κ2) is 7.15. The lowest BCUT2D eigenvalue weighted by Gasteiger charge is -2.26. The van der Waals surface area contributed by atoms with Gasteiger partial charge in [0.1, 0.15) is 6.54 Å². The summed E-state index contributed by atoms with van der Waals surface area (Å²) in [6.07, 6.45) is -4.24. The third-order valence-corrected chi connectivity index (χ3v) is 2.96. The maximum atomic E-state index is 12.3. The lowest BCUT2D eigenvalue weighted by atomic mass is 10.1. The first kappa shape index (κ1) is 17.8. The highest BCUT2D eigenvalue weighted by atomic mass is 19.4. The fraction of sp³-hybridized carbons (Fsp3) is 0.429. The number of halogens is 3. The smallest absolute Gasteiger partial charge is 0.406 e. The van der Waals surface area contributed by atoms with E-state index in [1.807, 2.05) is 0 Å². The third kappa shape index (κ3) is 5.63. The minimum atomic E-state index is -4.46. The first-order valence-electron chi connectivity index (χ1n) is 6.46. The topological polar surface area (TPSA) is 60.9 Å². The normalized spacial score (nSPS) is 11.1. The predicted octanol–water partition coefficient (Wildman–Crippen LogP) is 2.75. The molecular weight excluding hydrogens is 301 g/mol. The number of benzene rings is 1. The molecule has 0 aliphatic carbocycles. The highest BCUT2D eigenvalue weighted by Gasteiger charge is 2.32. The molecule has 0 fully saturated rings. The first-order chi connectivity index (χ1) is 10.1. The molecule has 1 aromatic rings. The van der Waals surface area contributed by atoms with Crippen molar-refractivity contribution in [3.05, 3.63) is 29.8 Å². The van der Waals surface area contributed by atoms with Crippen LogP contribution in [0.1, 0.15) is 12.0 Å². The van der Waals surface area contributed by atoms with Crippen LogP contribution in [-0.2, 0) is 11.2 Å². The molecule has 8 heteroatoms. The molecule has 1 rings (SSSR count). The molecule has 0 unspecified atom stereocenters. The van der Waals surface area contributed by atoms with Crippen LogP contribution in [0.25, 0.3) is 0 Å². The number of hydrogen-bond acceptors (Lipinski definition) is 2. The Labute approximate surface area is 125 Å². The van der Waals surface area contributed by atoms with E-state index in [0.29, 0.717) is 16.2 Å². The van der Waals surface area contributed by atoms with Crippen LogP contribution >= 0.6 is 0 Å². The van der Waals surface area contributed by atoms with Gasteiger partial charge in [0.05, 0.1) is 0 Å². The van der Waals surface area contributed by atoms with E-state index in [1.165, 1.54) is 7.05 Å². The number of amides is 2. The molecule has 0 spiro atoms. The largest absolute Gasteiger partial charge is 0.481 e. The molecule has 0 saturated heterocycles. The van der Waals surface area contributed by atoms with Crippen molar-refractivity contribution >= 4 is 17.7 Å². The molecule has 1 aromatic carbocycles. The Morgan fingerprint density at radius 2 is 1.86 bits per heavy atom. The Bertz CT molecular complexity index is 546. The maximum Gasteiger partial charge on any atom is 0.406 e. The molecule has 0 atom stereocenters. The zero-order valence-electron chi connectivity index (χ0n) is 12.2. The van der Waals surface area contributed by atoms with Crippen molar-refractivity contribution in [1.82, 2.24) is 4.90 Å². The van der Waals surface area contributed by atoms with Gasteiger partial charge >= 0.3 is 18.2 Å². The van der Waals surface area contributed by atoms with Crippen LogP contribution in [-0.4, -0.2) is 48.8 Å². The highest BCUT2D eigenvalue weighted by molar-refractivity contribution is 5.91. The van der Waals surface area contributed by atoms with Gasteiger partial charge in [-0.05, 0) is 24.1 Å². The Kier molecular flexibility index (Phi) is 5.78. The van der Waals surface area contributed by atoms with E-state index in [-0.39, 0.29) is 12.8 Å². The van der Waals surface area contributed by atoms with E-state index in [4.69, 9.17) is 5.11 Å². The second-order valence-corrected chi connectivity index (χ2v) is 4.88.